The molecule has 12 heteroatoms. The van der Waals surface area contributed by atoms with Crippen LogP contribution in [0.15, 0.2) is 47.4 Å². The van der Waals surface area contributed by atoms with Gasteiger partial charge in [0.05, 0.1) is 13.7 Å². The van der Waals surface area contributed by atoms with Crippen molar-refractivity contribution in [3.8, 4) is 17.2 Å². The molecule has 0 fully saturated rings. The smallest absolute Gasteiger partial charge is 0.493 e. The molecule has 0 aliphatic heterocycles. The highest BCUT2D eigenvalue weighted by molar-refractivity contribution is 7.89. The van der Waals surface area contributed by atoms with Gasteiger partial charge in [0.2, 0.25) is 10.0 Å². The van der Waals surface area contributed by atoms with Gasteiger partial charge in [-0.2, -0.15) is 0 Å². The molecular weight excluding hydrogens is 455 g/mol. The lowest BCUT2D eigenvalue weighted by Crippen LogP contribution is -2.28. The number of hydrogen-bond donors (Lipinski definition) is 1. The van der Waals surface area contributed by atoms with Crippen molar-refractivity contribution in [1.82, 2.24) is 4.72 Å². The molecule has 0 unspecified atom stereocenters. The summed E-state index contributed by atoms with van der Waals surface area (Å²) in [6, 6.07) is 8.03. The quantitative estimate of drug-likeness (QED) is 0.522. The molecule has 1 atom stereocenters. The number of sulfonamides is 1. The monoisotopic (exact) mass is 477 g/mol. The SMILES string of the molecule is CCOC(=O)COc1ccc([C@H](C)NS(=O)(=O)c2ccccc2OC(F)(F)F)cc1OC. The third kappa shape index (κ3) is 7.02. The third-order valence-corrected chi connectivity index (χ3v) is 5.61. The number of para-hydroxylation sites is 1. The first kappa shape index (κ1) is 25.3. The minimum absolute atomic E-state index is 0.201. The van der Waals surface area contributed by atoms with Crippen LogP contribution >= 0.6 is 0 Å². The van der Waals surface area contributed by atoms with Crippen LogP contribution in [0.2, 0.25) is 0 Å². The number of hydrogen-bond acceptors (Lipinski definition) is 7. The van der Waals surface area contributed by atoms with Crippen LogP contribution in [-0.4, -0.2) is 41.1 Å². The maximum atomic E-state index is 12.7. The summed E-state index contributed by atoms with van der Waals surface area (Å²) >= 11 is 0. The predicted molar refractivity (Wildman–Crippen MR) is 107 cm³/mol. The van der Waals surface area contributed by atoms with Gasteiger partial charge in [-0.3, -0.25) is 0 Å². The Morgan fingerprint density at radius 3 is 2.41 bits per heavy atom. The van der Waals surface area contributed by atoms with Crippen LogP contribution < -0.4 is 18.9 Å². The summed E-state index contributed by atoms with van der Waals surface area (Å²) in [6.07, 6.45) is -5.05. The summed E-state index contributed by atoms with van der Waals surface area (Å²) in [6.45, 7) is 3.01. The Balaban J connectivity index is 2.21. The lowest BCUT2D eigenvalue weighted by atomic mass is 10.1. The van der Waals surface area contributed by atoms with E-state index in [1.807, 2.05) is 0 Å². The Morgan fingerprint density at radius 1 is 1.09 bits per heavy atom. The van der Waals surface area contributed by atoms with E-state index < -0.39 is 39.0 Å². The number of benzene rings is 2. The molecule has 0 aromatic heterocycles. The average molecular weight is 477 g/mol. The van der Waals surface area contributed by atoms with E-state index in [2.05, 4.69) is 9.46 Å². The van der Waals surface area contributed by atoms with Crippen molar-refractivity contribution in [2.24, 2.45) is 0 Å². The summed E-state index contributed by atoms with van der Waals surface area (Å²) in [5.41, 5.74) is 0.433. The lowest BCUT2D eigenvalue weighted by molar-refractivity contribution is -0.275. The Morgan fingerprint density at radius 2 is 1.78 bits per heavy atom. The first-order valence-electron chi connectivity index (χ1n) is 9.30. The zero-order valence-electron chi connectivity index (χ0n) is 17.4. The fraction of sp³-hybridized carbons (Fsp3) is 0.350. The van der Waals surface area contributed by atoms with Crippen LogP contribution in [0.1, 0.15) is 25.5 Å². The van der Waals surface area contributed by atoms with Gasteiger partial charge >= 0.3 is 12.3 Å². The highest BCUT2D eigenvalue weighted by Crippen LogP contribution is 2.33. The molecule has 0 saturated heterocycles. The Hall–Kier alpha value is -2.99. The van der Waals surface area contributed by atoms with Crippen molar-refractivity contribution in [2.75, 3.05) is 20.3 Å². The van der Waals surface area contributed by atoms with Crippen LogP contribution in [0.4, 0.5) is 13.2 Å². The highest BCUT2D eigenvalue weighted by atomic mass is 32.2. The fourth-order valence-electron chi connectivity index (χ4n) is 2.66. The maximum absolute atomic E-state index is 12.7. The molecule has 0 aliphatic rings. The van der Waals surface area contributed by atoms with E-state index in [9.17, 15) is 26.4 Å². The van der Waals surface area contributed by atoms with Gasteiger partial charge in [-0.25, -0.2) is 17.9 Å². The predicted octanol–water partition coefficient (Wildman–Crippen LogP) is 3.58. The molecule has 32 heavy (non-hydrogen) atoms. The minimum Gasteiger partial charge on any atom is -0.493 e. The van der Waals surface area contributed by atoms with Gasteiger partial charge in [0.15, 0.2) is 18.1 Å². The van der Waals surface area contributed by atoms with Gasteiger partial charge in [-0.15, -0.1) is 13.2 Å². The molecule has 2 aromatic rings. The van der Waals surface area contributed by atoms with Crippen LogP contribution in [0.3, 0.4) is 0 Å². The molecule has 8 nitrogen and oxygen atoms in total. The summed E-state index contributed by atoms with van der Waals surface area (Å²) in [7, 11) is -3.02. The summed E-state index contributed by atoms with van der Waals surface area (Å²) in [5.74, 6) is -0.971. The number of rotatable bonds is 10. The molecule has 176 valence electrons. The first-order valence-corrected chi connectivity index (χ1v) is 10.8. The van der Waals surface area contributed by atoms with Gasteiger partial charge in [-0.05, 0) is 43.7 Å². The van der Waals surface area contributed by atoms with Crippen molar-refractivity contribution in [3.05, 3.63) is 48.0 Å². The number of carbonyl (C=O) groups is 1. The fourth-order valence-corrected chi connectivity index (χ4v) is 4.02. The van der Waals surface area contributed by atoms with Crippen LogP contribution in [0, 0.1) is 0 Å². The molecule has 0 bridgehead atoms. The Labute approximate surface area is 183 Å². The van der Waals surface area contributed by atoms with E-state index in [-0.39, 0.29) is 24.7 Å². The normalized spacial score (nSPS) is 12.7. The van der Waals surface area contributed by atoms with Crippen LogP contribution in [0.25, 0.3) is 0 Å². The topological polar surface area (TPSA) is 100 Å². The van der Waals surface area contributed by atoms with Crippen molar-refractivity contribution < 1.29 is 45.3 Å². The van der Waals surface area contributed by atoms with E-state index in [0.29, 0.717) is 5.56 Å². The number of esters is 1. The number of alkyl halides is 3. The molecule has 0 saturated carbocycles. The van der Waals surface area contributed by atoms with Gasteiger partial charge < -0.3 is 18.9 Å². The second-order valence-electron chi connectivity index (χ2n) is 6.34. The molecule has 0 aliphatic carbocycles. The van der Waals surface area contributed by atoms with Gasteiger partial charge in [0, 0.05) is 6.04 Å². The largest absolute Gasteiger partial charge is 0.573 e. The van der Waals surface area contributed by atoms with E-state index >= 15 is 0 Å². The zero-order chi connectivity index (χ0) is 23.9. The number of methoxy groups -OCH3 is 1. The van der Waals surface area contributed by atoms with Crippen molar-refractivity contribution in [1.29, 1.82) is 0 Å². The number of nitrogens with one attached hydrogen (secondary N) is 1. The van der Waals surface area contributed by atoms with E-state index in [4.69, 9.17) is 14.2 Å². The molecule has 0 amide bonds. The number of ether oxygens (including phenoxy) is 4. The second-order valence-corrected chi connectivity index (χ2v) is 8.02. The number of halogens is 3. The van der Waals surface area contributed by atoms with Crippen LogP contribution in [0.5, 0.6) is 17.2 Å². The number of carbonyl (C=O) groups excluding carboxylic acids is 1. The summed E-state index contributed by atoms with van der Waals surface area (Å²) in [4.78, 5) is 10.8. The third-order valence-electron chi connectivity index (χ3n) is 4.03. The molecule has 0 spiro atoms. The maximum Gasteiger partial charge on any atom is 0.573 e. The van der Waals surface area contributed by atoms with Gasteiger partial charge in [-0.1, -0.05) is 18.2 Å². The molecule has 2 rings (SSSR count). The van der Waals surface area contributed by atoms with Gasteiger partial charge in [0.25, 0.3) is 0 Å². The Kier molecular flexibility index (Phi) is 8.33. The lowest BCUT2D eigenvalue weighted by Gasteiger charge is -2.19. The summed E-state index contributed by atoms with van der Waals surface area (Å²) < 4.78 is 84.8. The van der Waals surface area contributed by atoms with Gasteiger partial charge in [0.1, 0.15) is 10.6 Å². The molecular formula is C20H22F3NO7S. The van der Waals surface area contributed by atoms with E-state index in [0.717, 1.165) is 12.1 Å². The zero-order valence-corrected chi connectivity index (χ0v) is 18.2. The van der Waals surface area contributed by atoms with Crippen molar-refractivity contribution in [3.63, 3.8) is 0 Å². The molecule has 1 N–H and O–H groups in total. The minimum atomic E-state index is -5.05. The van der Waals surface area contributed by atoms with Crippen molar-refractivity contribution in [2.45, 2.75) is 31.1 Å². The standard InChI is InChI=1S/C20H22F3NO7S/c1-4-29-19(25)12-30-15-10-9-14(11-17(15)28-3)13(2)24-32(26,27)18-8-6-5-7-16(18)31-20(21,22)23/h5-11,13,24H,4,12H2,1-3H3/t13-/m0/s1. The van der Waals surface area contributed by atoms with E-state index in [1.165, 1.54) is 44.4 Å². The second kappa shape index (κ2) is 10.6. The van der Waals surface area contributed by atoms with Crippen molar-refractivity contribution >= 4 is 16.0 Å². The first-order chi connectivity index (χ1) is 15.0. The Bertz CT molecular complexity index is 1040. The average Bonchev–Trinajstić information content (AvgIpc) is 2.71. The van der Waals surface area contributed by atoms with E-state index in [1.54, 1.807) is 6.92 Å². The van der Waals surface area contributed by atoms with Crippen LogP contribution in [-0.2, 0) is 19.6 Å². The highest BCUT2D eigenvalue weighted by Gasteiger charge is 2.34. The summed E-state index contributed by atoms with van der Waals surface area (Å²) in [5, 5.41) is 0. The molecule has 2 aromatic carbocycles. The molecule has 0 radical (unpaired) electrons. The molecule has 0 heterocycles.